The summed E-state index contributed by atoms with van der Waals surface area (Å²) in [5.74, 6) is 0.973. The van der Waals surface area contributed by atoms with Crippen molar-refractivity contribution in [1.29, 1.82) is 0 Å². The summed E-state index contributed by atoms with van der Waals surface area (Å²) in [4.78, 5) is 2.41. The van der Waals surface area contributed by atoms with E-state index in [9.17, 15) is 0 Å². The number of ether oxygens (including phenoxy) is 1. The predicted molar refractivity (Wildman–Crippen MR) is 89.1 cm³/mol. The highest BCUT2D eigenvalue weighted by Gasteiger charge is 2.22. The maximum absolute atomic E-state index is 5.35. The van der Waals surface area contributed by atoms with Crippen LogP contribution in [0.2, 0.25) is 0 Å². The molecule has 0 fully saturated rings. The fraction of sp³-hybridized carbons (Fsp3) is 0.667. The van der Waals surface area contributed by atoms with Gasteiger partial charge in [-0.2, -0.15) is 0 Å². The quantitative estimate of drug-likeness (QED) is 0.743. The number of hydrogen-bond donors (Lipinski definition) is 1. The van der Waals surface area contributed by atoms with Crippen molar-refractivity contribution in [2.45, 2.75) is 51.6 Å². The Bertz CT molecular complexity index is 445. The molecule has 1 atom stereocenters. The lowest BCUT2D eigenvalue weighted by Gasteiger charge is -2.21. The summed E-state index contributed by atoms with van der Waals surface area (Å²) in [6.07, 6.45) is 4.91. The maximum Gasteiger partial charge on any atom is 0.119 e. The van der Waals surface area contributed by atoms with Crippen molar-refractivity contribution in [3.05, 3.63) is 29.3 Å². The van der Waals surface area contributed by atoms with Crippen molar-refractivity contribution < 1.29 is 4.74 Å². The second-order valence-electron chi connectivity index (χ2n) is 6.39. The van der Waals surface area contributed by atoms with Gasteiger partial charge in [-0.15, -0.1) is 0 Å². The van der Waals surface area contributed by atoms with Gasteiger partial charge < -0.3 is 15.0 Å². The average molecular weight is 290 g/mol. The normalized spacial score (nSPS) is 17.5. The van der Waals surface area contributed by atoms with Gasteiger partial charge in [0, 0.05) is 12.1 Å². The molecule has 0 saturated carbocycles. The van der Waals surface area contributed by atoms with E-state index in [0.29, 0.717) is 12.1 Å². The number of nitrogens with one attached hydrogen (secondary N) is 1. The van der Waals surface area contributed by atoms with Crippen molar-refractivity contribution in [3.63, 3.8) is 0 Å². The minimum absolute atomic E-state index is 0.512. The molecule has 3 heteroatoms. The molecule has 0 aromatic heterocycles. The SMILES string of the molecule is COc1ccc2c(c1)C(NCCCCN(C)C(C)C)CC2. The van der Waals surface area contributed by atoms with Crippen LogP contribution in [-0.2, 0) is 6.42 Å². The number of fused-ring (bicyclic) bond motifs is 1. The number of hydrogen-bond acceptors (Lipinski definition) is 3. The van der Waals surface area contributed by atoms with Gasteiger partial charge in [-0.1, -0.05) is 6.07 Å². The molecule has 1 N–H and O–H groups in total. The summed E-state index contributed by atoms with van der Waals surface area (Å²) in [6, 6.07) is 7.65. The van der Waals surface area contributed by atoms with Gasteiger partial charge in [0.2, 0.25) is 0 Å². The van der Waals surface area contributed by atoms with Gasteiger partial charge in [-0.3, -0.25) is 0 Å². The van der Waals surface area contributed by atoms with E-state index in [1.807, 2.05) is 0 Å². The van der Waals surface area contributed by atoms with E-state index >= 15 is 0 Å². The average Bonchev–Trinajstić information content (AvgIpc) is 2.88. The molecular formula is C18H30N2O. The molecule has 1 aliphatic carbocycles. The lowest BCUT2D eigenvalue weighted by Crippen LogP contribution is -2.28. The van der Waals surface area contributed by atoms with Crippen molar-refractivity contribution in [2.75, 3.05) is 27.2 Å². The molecule has 2 rings (SSSR count). The Labute approximate surface area is 129 Å². The van der Waals surface area contributed by atoms with E-state index in [1.54, 1.807) is 7.11 Å². The van der Waals surface area contributed by atoms with E-state index in [0.717, 1.165) is 12.3 Å². The number of aryl methyl sites for hydroxylation is 1. The van der Waals surface area contributed by atoms with Crippen molar-refractivity contribution in [2.24, 2.45) is 0 Å². The molecule has 118 valence electrons. The van der Waals surface area contributed by atoms with Crippen LogP contribution in [-0.4, -0.2) is 38.2 Å². The van der Waals surface area contributed by atoms with Crippen molar-refractivity contribution >= 4 is 0 Å². The minimum Gasteiger partial charge on any atom is -0.497 e. The highest BCUT2D eigenvalue weighted by atomic mass is 16.5. The van der Waals surface area contributed by atoms with E-state index in [2.05, 4.69) is 49.3 Å². The van der Waals surface area contributed by atoms with Gasteiger partial charge in [0.25, 0.3) is 0 Å². The Balaban J connectivity index is 1.74. The van der Waals surface area contributed by atoms with Crippen LogP contribution in [0.4, 0.5) is 0 Å². The molecular weight excluding hydrogens is 260 g/mol. The Kier molecular flexibility index (Phi) is 6.07. The fourth-order valence-electron chi connectivity index (χ4n) is 2.94. The van der Waals surface area contributed by atoms with Crippen molar-refractivity contribution in [1.82, 2.24) is 10.2 Å². The van der Waals surface area contributed by atoms with Gasteiger partial charge in [-0.05, 0) is 82.9 Å². The highest BCUT2D eigenvalue weighted by Crippen LogP contribution is 2.33. The molecule has 1 unspecified atom stereocenters. The largest absolute Gasteiger partial charge is 0.497 e. The summed E-state index contributed by atoms with van der Waals surface area (Å²) < 4.78 is 5.35. The molecule has 0 amide bonds. The van der Waals surface area contributed by atoms with Crippen LogP contribution in [0.3, 0.4) is 0 Å². The summed E-state index contributed by atoms with van der Waals surface area (Å²) in [5, 5.41) is 3.72. The monoisotopic (exact) mass is 290 g/mol. The second kappa shape index (κ2) is 7.81. The first kappa shape index (κ1) is 16.3. The summed E-state index contributed by atoms with van der Waals surface area (Å²) in [5.41, 5.74) is 2.92. The fourth-order valence-corrected chi connectivity index (χ4v) is 2.94. The zero-order valence-electron chi connectivity index (χ0n) is 14.0. The maximum atomic E-state index is 5.35. The van der Waals surface area contributed by atoms with Crippen molar-refractivity contribution in [3.8, 4) is 5.75 Å². The summed E-state index contributed by atoms with van der Waals surface area (Å²) in [7, 11) is 3.95. The van der Waals surface area contributed by atoms with Gasteiger partial charge in [-0.25, -0.2) is 0 Å². The Morgan fingerprint density at radius 1 is 1.33 bits per heavy atom. The number of nitrogens with zero attached hydrogens (tertiary/aromatic N) is 1. The molecule has 0 spiro atoms. The zero-order chi connectivity index (χ0) is 15.2. The molecule has 0 aliphatic heterocycles. The lowest BCUT2D eigenvalue weighted by atomic mass is 10.1. The Morgan fingerprint density at radius 2 is 2.14 bits per heavy atom. The standard InChI is InChI=1S/C18H30N2O/c1-14(2)20(3)12-6-5-11-19-18-10-8-15-7-9-16(21-4)13-17(15)18/h7,9,13-14,18-19H,5-6,8,10-12H2,1-4H3. The van der Waals surface area contributed by atoms with E-state index in [1.165, 1.54) is 43.4 Å². The number of benzene rings is 1. The summed E-state index contributed by atoms with van der Waals surface area (Å²) in [6.45, 7) is 6.80. The number of unbranched alkanes of at least 4 members (excludes halogenated alkanes) is 1. The summed E-state index contributed by atoms with van der Waals surface area (Å²) >= 11 is 0. The minimum atomic E-state index is 0.512. The third-order valence-corrected chi connectivity index (χ3v) is 4.64. The van der Waals surface area contributed by atoms with Gasteiger partial charge in [0.15, 0.2) is 0 Å². The number of rotatable bonds is 8. The third kappa shape index (κ3) is 4.45. The van der Waals surface area contributed by atoms with E-state index in [4.69, 9.17) is 4.74 Å². The van der Waals surface area contributed by atoms with Gasteiger partial charge in [0.1, 0.15) is 5.75 Å². The molecule has 0 bridgehead atoms. The van der Waals surface area contributed by atoms with Crippen LogP contribution in [0.15, 0.2) is 18.2 Å². The third-order valence-electron chi connectivity index (χ3n) is 4.64. The van der Waals surface area contributed by atoms with Gasteiger partial charge in [0.05, 0.1) is 7.11 Å². The first-order valence-electron chi connectivity index (χ1n) is 8.22. The Morgan fingerprint density at radius 3 is 2.86 bits per heavy atom. The van der Waals surface area contributed by atoms with Crippen LogP contribution in [0.1, 0.15) is 50.3 Å². The molecule has 3 nitrogen and oxygen atoms in total. The molecule has 21 heavy (non-hydrogen) atoms. The molecule has 1 aromatic carbocycles. The van der Waals surface area contributed by atoms with Crippen LogP contribution < -0.4 is 10.1 Å². The van der Waals surface area contributed by atoms with Crippen LogP contribution in [0.5, 0.6) is 5.75 Å². The Hall–Kier alpha value is -1.06. The number of methoxy groups -OCH3 is 1. The first-order valence-corrected chi connectivity index (χ1v) is 8.22. The van der Waals surface area contributed by atoms with E-state index < -0.39 is 0 Å². The van der Waals surface area contributed by atoms with Gasteiger partial charge >= 0.3 is 0 Å². The van der Waals surface area contributed by atoms with Crippen LogP contribution >= 0.6 is 0 Å². The first-order chi connectivity index (χ1) is 10.1. The topological polar surface area (TPSA) is 24.5 Å². The molecule has 0 heterocycles. The second-order valence-corrected chi connectivity index (χ2v) is 6.39. The molecule has 0 radical (unpaired) electrons. The highest BCUT2D eigenvalue weighted by molar-refractivity contribution is 5.40. The van der Waals surface area contributed by atoms with E-state index in [-0.39, 0.29) is 0 Å². The predicted octanol–water partition coefficient (Wildman–Crippen LogP) is 3.39. The molecule has 1 aliphatic rings. The zero-order valence-corrected chi connectivity index (χ0v) is 14.0. The lowest BCUT2D eigenvalue weighted by molar-refractivity contribution is 0.267. The molecule has 1 aromatic rings. The molecule has 0 saturated heterocycles. The van der Waals surface area contributed by atoms with Crippen LogP contribution in [0, 0.1) is 0 Å². The smallest absolute Gasteiger partial charge is 0.119 e. The van der Waals surface area contributed by atoms with Crippen LogP contribution in [0.25, 0.3) is 0 Å².